The Hall–Kier alpha value is -3.49. The maximum atomic E-state index is 12.7. The Kier molecular flexibility index (Phi) is 6.15. The zero-order valence-electron chi connectivity index (χ0n) is 14.9. The first-order valence-corrected chi connectivity index (χ1v) is 8.76. The lowest BCUT2D eigenvalue weighted by Gasteiger charge is -2.22. The van der Waals surface area contributed by atoms with Crippen LogP contribution < -0.4 is 10.6 Å². The van der Waals surface area contributed by atoms with Crippen LogP contribution in [0.2, 0.25) is 0 Å². The van der Waals surface area contributed by atoms with Crippen LogP contribution in [0.4, 0.5) is 4.79 Å². The number of alkyl carbamates (subject to hydrolysis) is 1. The van der Waals surface area contributed by atoms with Crippen molar-refractivity contribution in [2.45, 2.75) is 25.5 Å². The highest BCUT2D eigenvalue weighted by Crippen LogP contribution is 2.21. The highest BCUT2D eigenvalue weighted by molar-refractivity contribution is 6.37. The molecule has 0 radical (unpaired) electrons. The van der Waals surface area contributed by atoms with Gasteiger partial charge in [0.15, 0.2) is 5.78 Å². The molecule has 28 heavy (non-hydrogen) atoms. The molecule has 1 saturated heterocycles. The second kappa shape index (κ2) is 8.94. The molecular weight excluding hydrogens is 366 g/mol. The summed E-state index contributed by atoms with van der Waals surface area (Å²) in [6.07, 6.45) is 1.92. The van der Waals surface area contributed by atoms with E-state index in [9.17, 15) is 19.2 Å². The maximum Gasteiger partial charge on any atom is 0.408 e. The molecule has 1 aliphatic rings. The van der Waals surface area contributed by atoms with Crippen LogP contribution >= 0.6 is 0 Å². The number of carbonyl (C=O) groups is 4. The average Bonchev–Trinajstić information content (AvgIpc) is 3.23. The number of piperidine rings is 1. The van der Waals surface area contributed by atoms with Crippen molar-refractivity contribution in [3.8, 4) is 0 Å². The number of benzene rings is 1. The van der Waals surface area contributed by atoms with Gasteiger partial charge < -0.3 is 19.9 Å². The van der Waals surface area contributed by atoms with Crippen molar-refractivity contribution in [3.05, 3.63) is 53.9 Å². The zero-order valence-corrected chi connectivity index (χ0v) is 14.9. The maximum absolute atomic E-state index is 12.7. The van der Waals surface area contributed by atoms with Gasteiger partial charge in [0.1, 0.15) is 18.9 Å². The van der Waals surface area contributed by atoms with Gasteiger partial charge in [0.2, 0.25) is 5.78 Å². The quantitative estimate of drug-likeness (QED) is 0.688. The number of Topliss-reactive ketones (excluding diaryl/α,β-unsaturated/α-hetero) is 2. The van der Waals surface area contributed by atoms with Crippen molar-refractivity contribution >= 4 is 23.6 Å². The minimum atomic E-state index is -1.09. The fourth-order valence-electron chi connectivity index (χ4n) is 2.91. The highest BCUT2D eigenvalue weighted by atomic mass is 16.5. The van der Waals surface area contributed by atoms with Gasteiger partial charge in [0.25, 0.3) is 5.91 Å². The van der Waals surface area contributed by atoms with Crippen LogP contribution in [-0.2, 0) is 25.7 Å². The van der Waals surface area contributed by atoms with E-state index in [1.165, 1.54) is 12.5 Å². The van der Waals surface area contributed by atoms with Gasteiger partial charge in [-0.05, 0) is 12.0 Å². The Bertz CT molecular complexity index is 850. The van der Waals surface area contributed by atoms with E-state index in [-0.39, 0.29) is 13.0 Å². The summed E-state index contributed by atoms with van der Waals surface area (Å²) in [5.41, 5.74) is 1.12. The number of carbonyl (C=O) groups excluding carboxylic acids is 4. The van der Waals surface area contributed by atoms with Gasteiger partial charge in [0, 0.05) is 24.4 Å². The first kappa shape index (κ1) is 19.3. The van der Waals surface area contributed by atoms with Gasteiger partial charge in [0.05, 0.1) is 6.20 Å². The predicted molar refractivity (Wildman–Crippen MR) is 94.8 cm³/mol. The minimum Gasteiger partial charge on any atom is -0.445 e. The molecule has 2 amide bonds. The first-order chi connectivity index (χ1) is 13.5. The third-order valence-electron chi connectivity index (χ3n) is 4.40. The lowest BCUT2D eigenvalue weighted by molar-refractivity contribution is -0.143. The summed E-state index contributed by atoms with van der Waals surface area (Å²) in [5, 5.41) is 8.47. The molecule has 9 nitrogen and oxygen atoms in total. The normalized spacial score (nSPS) is 17.5. The van der Waals surface area contributed by atoms with E-state index in [0.717, 1.165) is 5.56 Å². The molecule has 2 unspecified atom stereocenters. The van der Waals surface area contributed by atoms with E-state index in [1.807, 2.05) is 18.2 Å². The summed E-state index contributed by atoms with van der Waals surface area (Å²) < 4.78 is 9.91. The van der Waals surface area contributed by atoms with E-state index >= 15 is 0 Å². The van der Waals surface area contributed by atoms with Gasteiger partial charge in [-0.15, -0.1) is 0 Å². The van der Waals surface area contributed by atoms with Gasteiger partial charge in [-0.1, -0.05) is 35.5 Å². The Morgan fingerprint density at radius 3 is 2.79 bits per heavy atom. The first-order valence-electron chi connectivity index (χ1n) is 8.76. The second-order valence-corrected chi connectivity index (χ2v) is 6.37. The Balaban J connectivity index is 1.64. The molecule has 2 heterocycles. The van der Waals surface area contributed by atoms with Crippen molar-refractivity contribution in [1.82, 2.24) is 15.8 Å². The van der Waals surface area contributed by atoms with Gasteiger partial charge in [-0.2, -0.15) is 0 Å². The Morgan fingerprint density at radius 1 is 1.29 bits per heavy atom. The number of nitrogens with zero attached hydrogens (tertiary/aromatic N) is 1. The topological polar surface area (TPSA) is 128 Å². The molecule has 2 N–H and O–H groups in total. The number of aromatic nitrogens is 1. The summed E-state index contributed by atoms with van der Waals surface area (Å²) in [7, 11) is 0. The molecule has 9 heteroatoms. The van der Waals surface area contributed by atoms with Crippen molar-refractivity contribution in [2.75, 3.05) is 6.54 Å². The minimum absolute atomic E-state index is 0.0402. The molecule has 0 spiro atoms. The smallest absolute Gasteiger partial charge is 0.408 e. The van der Waals surface area contributed by atoms with Crippen LogP contribution in [0.5, 0.6) is 0 Å². The van der Waals surface area contributed by atoms with Gasteiger partial charge >= 0.3 is 6.09 Å². The molecule has 2 atom stereocenters. The molecule has 1 aliphatic heterocycles. The summed E-state index contributed by atoms with van der Waals surface area (Å²) in [4.78, 5) is 48.4. The largest absolute Gasteiger partial charge is 0.445 e. The number of nitrogens with one attached hydrogen (secondary N) is 2. The summed E-state index contributed by atoms with van der Waals surface area (Å²) in [6, 6.07) is 7.99. The number of hydrogen-bond acceptors (Lipinski definition) is 7. The number of amides is 2. The van der Waals surface area contributed by atoms with E-state index in [1.54, 1.807) is 12.1 Å². The van der Waals surface area contributed by atoms with E-state index in [4.69, 9.17) is 9.26 Å². The average molecular weight is 385 g/mol. The van der Waals surface area contributed by atoms with Crippen LogP contribution in [0.1, 0.15) is 30.0 Å². The van der Waals surface area contributed by atoms with Crippen LogP contribution in [-0.4, -0.2) is 35.3 Å². The third-order valence-corrected chi connectivity index (χ3v) is 4.40. The van der Waals surface area contributed by atoms with E-state index in [2.05, 4.69) is 15.8 Å². The number of ketones is 2. The standard InChI is InChI=1S/C19H19N3O6/c23-15(8-13-6-7-20-18(25)17(13)24)16(14-9-21-28-11-14)22-19(26)27-10-12-4-2-1-3-5-12/h1-5,9,11,13,16H,6-8,10H2,(H,20,25)(H,22,26). The number of rotatable bonds is 7. The van der Waals surface area contributed by atoms with Crippen LogP contribution in [0.15, 0.2) is 47.3 Å². The molecule has 2 aromatic rings. The monoisotopic (exact) mass is 385 g/mol. The SMILES string of the molecule is O=C(NC(C(=O)CC1CCNC(=O)C1=O)c1cnoc1)OCc1ccccc1. The molecule has 1 aromatic heterocycles. The summed E-state index contributed by atoms with van der Waals surface area (Å²) in [5.74, 6) is -2.48. The highest BCUT2D eigenvalue weighted by Gasteiger charge is 2.34. The molecule has 0 saturated carbocycles. The molecule has 0 aliphatic carbocycles. The molecule has 3 rings (SSSR count). The van der Waals surface area contributed by atoms with E-state index < -0.39 is 35.5 Å². The molecule has 146 valence electrons. The van der Waals surface area contributed by atoms with Crippen LogP contribution in [0.3, 0.4) is 0 Å². The van der Waals surface area contributed by atoms with Gasteiger partial charge in [-0.25, -0.2) is 4.79 Å². The van der Waals surface area contributed by atoms with Crippen LogP contribution in [0.25, 0.3) is 0 Å². The zero-order chi connectivity index (χ0) is 19.9. The number of ether oxygens (including phenoxy) is 1. The third kappa shape index (κ3) is 4.81. The van der Waals surface area contributed by atoms with Crippen molar-refractivity contribution in [2.24, 2.45) is 5.92 Å². The Morgan fingerprint density at radius 2 is 2.07 bits per heavy atom. The van der Waals surface area contributed by atoms with Crippen molar-refractivity contribution in [1.29, 1.82) is 0 Å². The summed E-state index contributed by atoms with van der Waals surface area (Å²) >= 11 is 0. The predicted octanol–water partition coefficient (Wildman–Crippen LogP) is 1.31. The van der Waals surface area contributed by atoms with Crippen molar-refractivity contribution in [3.63, 3.8) is 0 Å². The lowest BCUT2D eigenvalue weighted by Crippen LogP contribution is -2.44. The Labute approximate surface area is 160 Å². The fraction of sp³-hybridized carbons (Fsp3) is 0.316. The molecule has 1 fully saturated rings. The lowest BCUT2D eigenvalue weighted by atomic mass is 9.88. The second-order valence-electron chi connectivity index (χ2n) is 6.37. The van der Waals surface area contributed by atoms with Gasteiger partial charge in [-0.3, -0.25) is 14.4 Å². The molecular formula is C19H19N3O6. The molecule has 1 aromatic carbocycles. The van der Waals surface area contributed by atoms with Crippen LogP contribution in [0, 0.1) is 5.92 Å². The van der Waals surface area contributed by atoms with Crippen molar-refractivity contribution < 1.29 is 28.4 Å². The fourth-order valence-corrected chi connectivity index (χ4v) is 2.91. The molecule has 0 bridgehead atoms. The summed E-state index contributed by atoms with van der Waals surface area (Å²) in [6.45, 7) is 0.367. The number of hydrogen-bond donors (Lipinski definition) is 2. The van der Waals surface area contributed by atoms with E-state index in [0.29, 0.717) is 18.5 Å².